The van der Waals surface area contributed by atoms with Gasteiger partial charge in [0.2, 0.25) is 5.91 Å². The molecule has 1 spiro atoms. The van der Waals surface area contributed by atoms with Gasteiger partial charge in [-0.25, -0.2) is 9.59 Å². The van der Waals surface area contributed by atoms with Gasteiger partial charge in [0.15, 0.2) is 0 Å². The highest BCUT2D eigenvalue weighted by Crippen LogP contribution is 2.42. The lowest BCUT2D eigenvalue weighted by Crippen LogP contribution is -2.49. The van der Waals surface area contributed by atoms with Crippen LogP contribution in [0.5, 0.6) is 0 Å². The van der Waals surface area contributed by atoms with E-state index in [1.807, 2.05) is 6.07 Å². The van der Waals surface area contributed by atoms with E-state index in [0.29, 0.717) is 30.8 Å². The van der Waals surface area contributed by atoms with Gasteiger partial charge in [-0.3, -0.25) is 4.79 Å². The molecule has 0 atom stereocenters. The number of carbonyl (C=O) groups excluding carboxylic acids is 3. The van der Waals surface area contributed by atoms with Crippen LogP contribution in [0.4, 0.5) is 0 Å². The van der Waals surface area contributed by atoms with Crippen molar-refractivity contribution in [2.24, 2.45) is 5.41 Å². The zero-order chi connectivity index (χ0) is 21.6. The fourth-order valence-corrected chi connectivity index (χ4v) is 5.43. The van der Waals surface area contributed by atoms with Crippen molar-refractivity contribution in [3.05, 3.63) is 46.2 Å². The summed E-state index contributed by atoms with van der Waals surface area (Å²) in [6.45, 7) is 6.36. The van der Waals surface area contributed by atoms with Crippen LogP contribution in [-0.2, 0) is 32.1 Å². The van der Waals surface area contributed by atoms with Crippen molar-refractivity contribution in [3.8, 4) is 0 Å². The Hall–Kier alpha value is -2.67. The number of nitrogens with zero attached hydrogens (tertiary/aromatic N) is 2. The zero-order valence-electron chi connectivity index (χ0n) is 17.9. The molecule has 1 amide bonds. The average Bonchev–Trinajstić information content (AvgIpc) is 3.35. The number of fused-ring (bicyclic) bond motifs is 1. The molecule has 4 aliphatic heterocycles. The number of hydrogen-bond donors (Lipinski definition) is 0. The van der Waals surface area contributed by atoms with Crippen LogP contribution in [-0.4, -0.2) is 60.4 Å². The van der Waals surface area contributed by atoms with Crippen molar-refractivity contribution < 1.29 is 23.9 Å². The van der Waals surface area contributed by atoms with Crippen molar-refractivity contribution in [1.29, 1.82) is 0 Å². The molecule has 7 heteroatoms. The molecule has 164 valence electrons. The van der Waals surface area contributed by atoms with Crippen LogP contribution in [0.2, 0.25) is 0 Å². The fraction of sp³-hybridized carbons (Fsp3) is 0.542. The van der Waals surface area contributed by atoms with E-state index in [0.717, 1.165) is 50.9 Å². The Morgan fingerprint density at radius 1 is 1.00 bits per heavy atom. The summed E-state index contributed by atoms with van der Waals surface area (Å²) in [5.41, 5.74) is 5.01. The van der Waals surface area contributed by atoms with E-state index < -0.39 is 0 Å². The molecule has 7 nitrogen and oxygen atoms in total. The average molecular weight is 424 g/mol. The van der Waals surface area contributed by atoms with Crippen LogP contribution in [0.15, 0.2) is 23.9 Å². The Bertz CT molecular complexity index is 974. The lowest BCUT2D eigenvalue weighted by atomic mass is 9.71. The van der Waals surface area contributed by atoms with Crippen LogP contribution >= 0.6 is 0 Å². The van der Waals surface area contributed by atoms with Crippen LogP contribution in [0.1, 0.15) is 52.7 Å². The minimum Gasteiger partial charge on any atom is -0.457 e. The molecule has 2 saturated heterocycles. The molecular formula is C24H28N2O5. The number of amides is 1. The Morgan fingerprint density at radius 2 is 1.77 bits per heavy atom. The van der Waals surface area contributed by atoms with E-state index in [-0.39, 0.29) is 29.9 Å². The van der Waals surface area contributed by atoms with Gasteiger partial charge in [-0.15, -0.1) is 0 Å². The topological polar surface area (TPSA) is 76.2 Å². The third kappa shape index (κ3) is 3.76. The van der Waals surface area contributed by atoms with Crippen LogP contribution in [0, 0.1) is 12.3 Å². The zero-order valence-corrected chi connectivity index (χ0v) is 17.9. The maximum Gasteiger partial charge on any atom is 0.338 e. The Morgan fingerprint density at radius 3 is 2.48 bits per heavy atom. The predicted octanol–water partition coefficient (Wildman–Crippen LogP) is 2.35. The monoisotopic (exact) mass is 424 g/mol. The summed E-state index contributed by atoms with van der Waals surface area (Å²) in [4.78, 5) is 40.1. The lowest BCUT2D eigenvalue weighted by molar-refractivity contribution is -0.139. The van der Waals surface area contributed by atoms with Crippen molar-refractivity contribution in [1.82, 2.24) is 9.80 Å². The Kier molecular flexibility index (Phi) is 5.08. The van der Waals surface area contributed by atoms with Crippen molar-refractivity contribution in [3.63, 3.8) is 0 Å². The van der Waals surface area contributed by atoms with Gasteiger partial charge in [0.05, 0.1) is 11.3 Å². The van der Waals surface area contributed by atoms with Crippen LogP contribution in [0.3, 0.4) is 0 Å². The highest BCUT2D eigenvalue weighted by atomic mass is 16.5. The number of likely N-dealkylation sites (tertiary alicyclic amines) is 2. The highest BCUT2D eigenvalue weighted by Gasteiger charge is 2.42. The van der Waals surface area contributed by atoms with Gasteiger partial charge in [-0.2, -0.15) is 0 Å². The smallest absolute Gasteiger partial charge is 0.338 e. The molecule has 2 fully saturated rings. The summed E-state index contributed by atoms with van der Waals surface area (Å²) in [6.07, 6.45) is 6.01. The first-order valence-electron chi connectivity index (χ1n) is 11.1. The van der Waals surface area contributed by atoms with E-state index in [1.165, 1.54) is 17.2 Å². The molecule has 0 aromatic heterocycles. The number of piperidine rings is 2. The van der Waals surface area contributed by atoms with E-state index in [1.54, 1.807) is 4.90 Å². The summed E-state index contributed by atoms with van der Waals surface area (Å²) in [5.74, 6) is -0.446. The van der Waals surface area contributed by atoms with E-state index in [9.17, 15) is 14.4 Å². The van der Waals surface area contributed by atoms with E-state index >= 15 is 0 Å². The van der Waals surface area contributed by atoms with E-state index in [4.69, 9.17) is 9.47 Å². The molecule has 4 aliphatic rings. The molecule has 0 saturated carbocycles. The summed E-state index contributed by atoms with van der Waals surface area (Å²) in [5, 5.41) is 0. The number of benzene rings is 1. The Labute approximate surface area is 182 Å². The fourth-order valence-electron chi connectivity index (χ4n) is 5.43. The van der Waals surface area contributed by atoms with Gasteiger partial charge in [-0.1, -0.05) is 6.07 Å². The summed E-state index contributed by atoms with van der Waals surface area (Å²) >= 11 is 0. The lowest BCUT2D eigenvalue weighted by Gasteiger charge is -2.46. The second-order valence-electron chi connectivity index (χ2n) is 9.26. The van der Waals surface area contributed by atoms with Gasteiger partial charge < -0.3 is 19.3 Å². The second kappa shape index (κ2) is 7.79. The van der Waals surface area contributed by atoms with Gasteiger partial charge in [0.25, 0.3) is 0 Å². The quantitative estimate of drug-likeness (QED) is 0.691. The largest absolute Gasteiger partial charge is 0.457 e. The molecule has 0 bridgehead atoms. The van der Waals surface area contributed by atoms with E-state index in [2.05, 4.69) is 17.9 Å². The maximum atomic E-state index is 12.8. The first-order chi connectivity index (χ1) is 14.9. The molecule has 0 aliphatic carbocycles. The second-order valence-corrected chi connectivity index (χ2v) is 9.26. The molecule has 31 heavy (non-hydrogen) atoms. The van der Waals surface area contributed by atoms with Crippen molar-refractivity contribution in [2.75, 3.05) is 32.8 Å². The predicted molar refractivity (Wildman–Crippen MR) is 112 cm³/mol. The summed E-state index contributed by atoms with van der Waals surface area (Å²) in [7, 11) is 0. The number of esters is 2. The number of cyclic esters (lactones) is 2. The third-order valence-electron chi connectivity index (χ3n) is 7.58. The van der Waals surface area contributed by atoms with Crippen LogP contribution < -0.4 is 0 Å². The van der Waals surface area contributed by atoms with Gasteiger partial charge in [-0.05, 0) is 68.3 Å². The molecule has 0 unspecified atom stereocenters. The summed E-state index contributed by atoms with van der Waals surface area (Å²) in [6, 6.07) is 3.96. The summed E-state index contributed by atoms with van der Waals surface area (Å²) < 4.78 is 10.1. The molecule has 1 aromatic rings. The number of carbonyl (C=O) groups is 3. The normalized spacial score (nSPS) is 23.1. The molecule has 5 rings (SSSR count). The minimum atomic E-state index is -0.353. The standard InChI is InChI=1S/C24H28N2O5/c1-16-17(2-3-19-20(16)15-31-23(19)29)4-8-25-9-5-24(6-10-25)7-11-26(21(27)13-24)18-12-22(28)30-14-18/h2-3,12H,4-11,13-15H2,1H3. The maximum absolute atomic E-state index is 12.8. The highest BCUT2D eigenvalue weighted by molar-refractivity contribution is 5.94. The molecule has 1 aromatic carbocycles. The number of rotatable bonds is 4. The van der Waals surface area contributed by atoms with Crippen molar-refractivity contribution >= 4 is 17.8 Å². The molecule has 4 heterocycles. The SMILES string of the molecule is Cc1c(CCN2CCC3(CC2)CCN(C2=CC(=O)OC2)C(=O)C3)ccc2c1COC2=O. The molecular weight excluding hydrogens is 396 g/mol. The first kappa shape index (κ1) is 20.2. The van der Waals surface area contributed by atoms with Gasteiger partial charge in [0, 0.05) is 31.1 Å². The van der Waals surface area contributed by atoms with Gasteiger partial charge >= 0.3 is 11.9 Å². The van der Waals surface area contributed by atoms with Crippen molar-refractivity contribution in [2.45, 2.75) is 45.6 Å². The van der Waals surface area contributed by atoms with Crippen LogP contribution in [0.25, 0.3) is 0 Å². The molecule has 0 N–H and O–H groups in total. The molecule has 0 radical (unpaired) electrons. The third-order valence-corrected chi connectivity index (χ3v) is 7.58. The number of ether oxygens (including phenoxy) is 2. The Balaban J connectivity index is 1.15. The minimum absolute atomic E-state index is 0.0926. The first-order valence-corrected chi connectivity index (χ1v) is 11.1. The van der Waals surface area contributed by atoms with Gasteiger partial charge in [0.1, 0.15) is 13.2 Å². The number of hydrogen-bond acceptors (Lipinski definition) is 6.